The summed E-state index contributed by atoms with van der Waals surface area (Å²) in [6, 6.07) is 2.56. The summed E-state index contributed by atoms with van der Waals surface area (Å²) in [6.07, 6.45) is 10.2. The fraction of sp³-hybridized carbons (Fsp3) is 0.444. The number of aliphatic imine (C=N–C) groups is 2. The topological polar surface area (TPSA) is 124 Å². The van der Waals surface area contributed by atoms with Crippen LogP contribution < -0.4 is 16.7 Å². The average molecular weight is 528 g/mol. The Hall–Kier alpha value is -4.15. The van der Waals surface area contributed by atoms with E-state index < -0.39 is 0 Å². The van der Waals surface area contributed by atoms with Gasteiger partial charge in [-0.25, -0.2) is 14.8 Å². The highest BCUT2D eigenvalue weighted by Crippen LogP contribution is 2.13. The van der Waals surface area contributed by atoms with Gasteiger partial charge in [-0.05, 0) is 53.7 Å². The number of carbonyl (C=O) groups is 1. The van der Waals surface area contributed by atoms with Crippen LogP contribution in [-0.4, -0.2) is 68.5 Å². The van der Waals surface area contributed by atoms with E-state index in [9.17, 15) is 9.59 Å². The average Bonchev–Trinajstić information content (AvgIpc) is 2.77. The fourth-order valence-electron chi connectivity index (χ4n) is 2.97. The van der Waals surface area contributed by atoms with Crippen LogP contribution in [0.1, 0.15) is 55.0 Å². The summed E-state index contributed by atoms with van der Waals surface area (Å²) >= 11 is 0. The van der Waals surface area contributed by atoms with Crippen LogP contribution in [0.5, 0.6) is 0 Å². The predicted octanol–water partition coefficient (Wildman–Crippen LogP) is 3.55. The van der Waals surface area contributed by atoms with Crippen molar-refractivity contribution in [1.82, 2.24) is 29.6 Å². The van der Waals surface area contributed by atoms with E-state index in [1.54, 1.807) is 40.3 Å². The van der Waals surface area contributed by atoms with Crippen molar-refractivity contribution in [2.24, 2.45) is 15.7 Å². The molecule has 0 spiro atoms. The molecule has 0 saturated heterocycles. The van der Waals surface area contributed by atoms with E-state index in [4.69, 9.17) is 5.73 Å². The number of aromatic nitrogens is 2. The third-order valence-electron chi connectivity index (χ3n) is 4.83. The lowest BCUT2D eigenvalue weighted by Gasteiger charge is -2.29. The van der Waals surface area contributed by atoms with Crippen molar-refractivity contribution in [2.45, 2.75) is 67.1 Å². The van der Waals surface area contributed by atoms with Gasteiger partial charge in [0.1, 0.15) is 17.5 Å². The van der Waals surface area contributed by atoms with Gasteiger partial charge in [0, 0.05) is 56.9 Å². The van der Waals surface area contributed by atoms with E-state index >= 15 is 0 Å². The summed E-state index contributed by atoms with van der Waals surface area (Å²) in [7, 11) is 3.72. The van der Waals surface area contributed by atoms with Crippen molar-refractivity contribution < 1.29 is 4.79 Å². The SMILES string of the molecule is C.C=C1N=C(N)C=CN1C(C)C.C=C1NC(=O)C=CN1C(C)C.CC(C)n1ccc(N=CN(C)C)nc1=O. The standard InChI is InChI=1S/C10H16N4O.C8H13N3.C8H12N2O.CH4/c1-8(2)14-6-5-9(12-10(14)15)11-7-13(3)4;1-6(2)11-5-4-8(9)10-7(11)3;1-6(2)10-5-4-8(11)9-7(10)3;/h5-8H,1-4H3;4-6H,3H2,1-2H3,(H2,9,10);4-6H,3H2,1-2H3,(H,9,11);1H4. The van der Waals surface area contributed by atoms with Crippen LogP contribution in [0.25, 0.3) is 0 Å². The second-order valence-electron chi connectivity index (χ2n) is 9.30. The molecule has 0 aromatic carbocycles. The van der Waals surface area contributed by atoms with E-state index in [1.807, 2.05) is 57.8 Å². The van der Waals surface area contributed by atoms with Crippen LogP contribution in [0.15, 0.2) is 76.4 Å². The first-order valence-corrected chi connectivity index (χ1v) is 12.0. The molecule has 0 radical (unpaired) electrons. The summed E-state index contributed by atoms with van der Waals surface area (Å²) in [5.74, 6) is 2.21. The summed E-state index contributed by atoms with van der Waals surface area (Å²) < 4.78 is 1.56. The quantitative estimate of drug-likeness (QED) is 0.443. The Morgan fingerprint density at radius 3 is 2.03 bits per heavy atom. The minimum Gasteiger partial charge on any atom is -0.384 e. The van der Waals surface area contributed by atoms with E-state index in [-0.39, 0.29) is 25.1 Å². The first-order chi connectivity index (χ1) is 17.2. The number of hydrogen-bond acceptors (Lipinski definition) is 8. The van der Waals surface area contributed by atoms with Gasteiger partial charge < -0.3 is 25.8 Å². The van der Waals surface area contributed by atoms with Gasteiger partial charge in [-0.2, -0.15) is 4.98 Å². The zero-order valence-electron chi connectivity index (χ0n) is 23.2. The lowest BCUT2D eigenvalue weighted by molar-refractivity contribution is -0.116. The zero-order chi connectivity index (χ0) is 28.3. The molecule has 0 fully saturated rings. The lowest BCUT2D eigenvalue weighted by Crippen LogP contribution is -2.38. The molecule has 1 aromatic heterocycles. The summed E-state index contributed by atoms with van der Waals surface area (Å²) in [5, 5.41) is 2.62. The molecule has 11 nitrogen and oxygen atoms in total. The highest BCUT2D eigenvalue weighted by atomic mass is 16.2. The number of nitrogens with one attached hydrogen (secondary N) is 1. The first kappa shape index (κ1) is 33.8. The number of nitrogens with zero attached hydrogens (tertiary/aromatic N) is 7. The normalized spacial score (nSPS) is 14.6. The maximum absolute atomic E-state index is 11.5. The Labute approximate surface area is 227 Å². The Bertz CT molecular complexity index is 1120. The number of nitrogens with two attached hydrogens (primary N) is 1. The number of rotatable bonds is 5. The van der Waals surface area contributed by atoms with Crippen molar-refractivity contribution in [3.05, 3.63) is 72.1 Å². The van der Waals surface area contributed by atoms with Gasteiger partial charge in [0.15, 0.2) is 5.82 Å². The largest absolute Gasteiger partial charge is 0.384 e. The summed E-state index contributed by atoms with van der Waals surface area (Å²) in [6.45, 7) is 19.6. The van der Waals surface area contributed by atoms with Gasteiger partial charge >= 0.3 is 5.69 Å². The molecule has 3 heterocycles. The molecule has 0 aliphatic carbocycles. The number of amides is 1. The molecular formula is C27H45N9O2. The zero-order valence-corrected chi connectivity index (χ0v) is 23.2. The molecule has 11 heteroatoms. The predicted molar refractivity (Wildman–Crippen MR) is 158 cm³/mol. The second-order valence-corrected chi connectivity index (χ2v) is 9.30. The van der Waals surface area contributed by atoms with Crippen molar-refractivity contribution in [2.75, 3.05) is 14.1 Å². The lowest BCUT2D eigenvalue weighted by atomic mass is 10.3. The Kier molecular flexibility index (Phi) is 14.1. The molecule has 210 valence electrons. The molecule has 38 heavy (non-hydrogen) atoms. The van der Waals surface area contributed by atoms with Gasteiger partial charge in [-0.15, -0.1) is 0 Å². The highest BCUT2D eigenvalue weighted by Gasteiger charge is 2.14. The van der Waals surface area contributed by atoms with Crippen LogP contribution in [-0.2, 0) is 4.79 Å². The van der Waals surface area contributed by atoms with E-state index in [0.717, 1.165) is 0 Å². The van der Waals surface area contributed by atoms with Gasteiger partial charge in [-0.1, -0.05) is 20.6 Å². The van der Waals surface area contributed by atoms with Crippen LogP contribution in [0.2, 0.25) is 0 Å². The van der Waals surface area contributed by atoms with Crippen molar-refractivity contribution in [3.63, 3.8) is 0 Å². The Balaban J connectivity index is 0.000000543. The third-order valence-corrected chi connectivity index (χ3v) is 4.83. The minimum absolute atomic E-state index is 0. The van der Waals surface area contributed by atoms with Gasteiger partial charge in [0.05, 0.1) is 6.34 Å². The molecular weight excluding hydrogens is 482 g/mol. The smallest absolute Gasteiger partial charge is 0.349 e. The van der Waals surface area contributed by atoms with Gasteiger partial charge in [0.25, 0.3) is 5.91 Å². The first-order valence-electron chi connectivity index (χ1n) is 12.0. The van der Waals surface area contributed by atoms with E-state index in [0.29, 0.717) is 35.4 Å². The van der Waals surface area contributed by atoms with E-state index in [2.05, 4.69) is 47.3 Å². The molecule has 3 rings (SSSR count). The highest BCUT2D eigenvalue weighted by molar-refractivity contribution is 5.92. The van der Waals surface area contributed by atoms with Crippen molar-refractivity contribution in [1.29, 1.82) is 0 Å². The molecule has 0 atom stereocenters. The number of amidine groups is 1. The maximum Gasteiger partial charge on any atom is 0.349 e. The molecule has 1 aromatic rings. The Morgan fingerprint density at radius 1 is 1.00 bits per heavy atom. The summed E-state index contributed by atoms with van der Waals surface area (Å²) in [5.41, 5.74) is 5.20. The molecule has 0 saturated carbocycles. The molecule has 0 bridgehead atoms. The third kappa shape index (κ3) is 11.3. The summed E-state index contributed by atoms with van der Waals surface area (Å²) in [4.78, 5) is 39.8. The van der Waals surface area contributed by atoms with Crippen molar-refractivity contribution in [3.8, 4) is 0 Å². The van der Waals surface area contributed by atoms with Crippen molar-refractivity contribution >= 4 is 23.9 Å². The molecule has 1 amide bonds. The molecule has 2 aliphatic heterocycles. The number of hydrogen-bond donors (Lipinski definition) is 2. The second kappa shape index (κ2) is 15.9. The van der Waals surface area contributed by atoms with Crippen LogP contribution in [0, 0.1) is 0 Å². The molecule has 0 unspecified atom stereocenters. The minimum atomic E-state index is -0.265. The molecule has 3 N–H and O–H groups in total. The van der Waals surface area contributed by atoms with Gasteiger partial charge in [0.2, 0.25) is 0 Å². The van der Waals surface area contributed by atoms with Crippen LogP contribution in [0.3, 0.4) is 0 Å². The van der Waals surface area contributed by atoms with Crippen LogP contribution in [0.4, 0.5) is 5.82 Å². The Morgan fingerprint density at radius 2 is 1.58 bits per heavy atom. The fourth-order valence-corrected chi connectivity index (χ4v) is 2.97. The monoisotopic (exact) mass is 527 g/mol. The van der Waals surface area contributed by atoms with Gasteiger partial charge in [-0.3, -0.25) is 9.36 Å². The maximum atomic E-state index is 11.5. The van der Waals surface area contributed by atoms with E-state index in [1.165, 1.54) is 6.08 Å². The van der Waals surface area contributed by atoms with Crippen LogP contribution >= 0.6 is 0 Å². The number of carbonyl (C=O) groups excluding carboxylic acids is 1. The molecule has 2 aliphatic rings.